The molecule has 0 aromatic heterocycles. The fourth-order valence-corrected chi connectivity index (χ4v) is 2.67. The SMILES string of the molecule is O=C(COP(=O)(O)O)[C@@H](OP(=O)(O)O)[C@H](OP(=O)(O)O)[C@@H](O)CO. The van der Waals surface area contributed by atoms with Gasteiger partial charge in [0.25, 0.3) is 0 Å². The second kappa shape index (κ2) is 9.03. The first-order valence-electron chi connectivity index (χ1n) is 5.55. The standard InChI is InChI=1S/C6H15O15P3/c7-1-3(8)5(20-23(13,14)15)6(21-24(16,17)18)4(9)2-19-22(10,11)12/h3,5-8H,1-2H2,(H2,10,11,12)(H2,13,14,15)(H2,16,17,18)/t3-,5+,6+/m0/s1. The molecule has 0 aliphatic heterocycles. The lowest BCUT2D eigenvalue weighted by molar-refractivity contribution is -0.140. The van der Waals surface area contributed by atoms with E-state index in [-0.39, 0.29) is 0 Å². The quantitative estimate of drug-likeness (QED) is 0.155. The van der Waals surface area contributed by atoms with Crippen molar-refractivity contribution in [2.75, 3.05) is 13.2 Å². The maximum absolute atomic E-state index is 11.8. The van der Waals surface area contributed by atoms with E-state index >= 15 is 0 Å². The summed E-state index contributed by atoms with van der Waals surface area (Å²) in [5.74, 6) is -1.66. The van der Waals surface area contributed by atoms with Crippen LogP contribution in [0.1, 0.15) is 0 Å². The minimum absolute atomic E-state index is 1.28. The average molecular weight is 420 g/mol. The largest absolute Gasteiger partial charge is 0.470 e. The summed E-state index contributed by atoms with van der Waals surface area (Å²) in [6.07, 6.45) is -7.42. The molecule has 0 radical (unpaired) electrons. The molecule has 18 heteroatoms. The van der Waals surface area contributed by atoms with Gasteiger partial charge in [-0.3, -0.25) is 18.4 Å². The summed E-state index contributed by atoms with van der Waals surface area (Å²) < 4.78 is 43.9. The first kappa shape index (κ1) is 23.9. The Bertz CT molecular complexity index is 556. The number of aliphatic hydroxyl groups is 2. The molecular formula is C6H15O15P3. The van der Waals surface area contributed by atoms with Gasteiger partial charge in [-0.15, -0.1) is 0 Å². The third kappa shape index (κ3) is 10.7. The van der Waals surface area contributed by atoms with Gasteiger partial charge in [-0.05, 0) is 0 Å². The lowest BCUT2D eigenvalue weighted by Gasteiger charge is -2.29. The number of rotatable bonds is 11. The summed E-state index contributed by atoms with van der Waals surface area (Å²) in [4.78, 5) is 63.5. The number of carbonyl (C=O) groups is 1. The smallest absolute Gasteiger partial charge is 0.394 e. The zero-order valence-electron chi connectivity index (χ0n) is 11.4. The van der Waals surface area contributed by atoms with Crippen LogP contribution in [-0.4, -0.2) is 76.9 Å². The Labute approximate surface area is 133 Å². The van der Waals surface area contributed by atoms with E-state index in [1.165, 1.54) is 0 Å². The maximum Gasteiger partial charge on any atom is 0.470 e. The van der Waals surface area contributed by atoms with E-state index in [2.05, 4.69) is 13.6 Å². The van der Waals surface area contributed by atoms with Gasteiger partial charge in [0.15, 0.2) is 11.9 Å². The van der Waals surface area contributed by atoms with E-state index in [1.54, 1.807) is 0 Å². The normalized spacial score (nSPS) is 17.3. The van der Waals surface area contributed by atoms with Gasteiger partial charge < -0.3 is 39.6 Å². The second-order valence-corrected chi connectivity index (χ2v) is 7.68. The van der Waals surface area contributed by atoms with Crippen molar-refractivity contribution in [3.05, 3.63) is 0 Å². The molecule has 0 aliphatic carbocycles. The third-order valence-corrected chi connectivity index (χ3v) is 3.55. The molecule has 15 nitrogen and oxygen atoms in total. The highest BCUT2D eigenvalue weighted by Gasteiger charge is 2.43. The Hall–Kier alpha value is -0.0800. The second-order valence-electron chi connectivity index (χ2n) is 4.06. The highest BCUT2D eigenvalue weighted by Crippen LogP contribution is 2.44. The Kier molecular flexibility index (Phi) is 9.00. The highest BCUT2D eigenvalue weighted by atomic mass is 31.2. The first-order valence-corrected chi connectivity index (χ1v) is 10.1. The van der Waals surface area contributed by atoms with Crippen LogP contribution >= 0.6 is 23.5 Å². The Morgan fingerprint density at radius 3 is 1.67 bits per heavy atom. The molecule has 24 heavy (non-hydrogen) atoms. The number of phosphoric acid groups is 3. The lowest BCUT2D eigenvalue weighted by atomic mass is 10.1. The van der Waals surface area contributed by atoms with Crippen molar-refractivity contribution >= 4 is 29.3 Å². The first-order chi connectivity index (χ1) is 10.6. The Morgan fingerprint density at radius 2 is 1.33 bits per heavy atom. The van der Waals surface area contributed by atoms with Crippen LogP contribution in [0, 0.1) is 0 Å². The zero-order valence-corrected chi connectivity index (χ0v) is 14.1. The van der Waals surface area contributed by atoms with Crippen molar-refractivity contribution in [1.29, 1.82) is 0 Å². The fraction of sp³-hybridized carbons (Fsp3) is 0.833. The number of Topliss-reactive ketones (excluding diaryl/α,β-unsaturated/α-hetero) is 1. The third-order valence-electron chi connectivity index (χ3n) is 2.07. The number of carbonyl (C=O) groups excluding carboxylic acids is 1. The maximum atomic E-state index is 11.8. The van der Waals surface area contributed by atoms with E-state index in [9.17, 15) is 23.6 Å². The molecule has 0 aliphatic rings. The summed E-state index contributed by atoms with van der Waals surface area (Å²) in [5.41, 5.74) is 0. The van der Waals surface area contributed by atoms with Crippen molar-refractivity contribution in [3.63, 3.8) is 0 Å². The van der Waals surface area contributed by atoms with Gasteiger partial charge in [0.05, 0.1) is 6.61 Å². The minimum atomic E-state index is -5.51. The predicted octanol–water partition coefficient (Wildman–Crippen LogP) is -3.03. The van der Waals surface area contributed by atoms with Gasteiger partial charge >= 0.3 is 23.5 Å². The van der Waals surface area contributed by atoms with Gasteiger partial charge in [-0.2, -0.15) is 0 Å². The van der Waals surface area contributed by atoms with Crippen molar-refractivity contribution in [1.82, 2.24) is 0 Å². The molecule has 0 aromatic carbocycles. The number of ketones is 1. The minimum Gasteiger partial charge on any atom is -0.394 e. The average Bonchev–Trinajstić information content (AvgIpc) is 2.36. The number of aliphatic hydroxyl groups excluding tert-OH is 2. The lowest BCUT2D eigenvalue weighted by Crippen LogP contribution is -2.47. The predicted molar refractivity (Wildman–Crippen MR) is 69.9 cm³/mol. The van der Waals surface area contributed by atoms with Gasteiger partial charge in [-0.25, -0.2) is 13.7 Å². The van der Waals surface area contributed by atoms with Crippen molar-refractivity contribution in [2.24, 2.45) is 0 Å². The molecule has 0 heterocycles. The van der Waals surface area contributed by atoms with Crippen LogP contribution in [0.25, 0.3) is 0 Å². The van der Waals surface area contributed by atoms with E-state index in [4.69, 9.17) is 34.5 Å². The van der Waals surface area contributed by atoms with Crippen molar-refractivity contribution in [2.45, 2.75) is 18.3 Å². The molecule has 0 bridgehead atoms. The monoisotopic (exact) mass is 420 g/mol. The van der Waals surface area contributed by atoms with Crippen LogP contribution < -0.4 is 0 Å². The van der Waals surface area contributed by atoms with E-state index in [0.717, 1.165) is 0 Å². The molecule has 3 atom stereocenters. The number of hydrogen-bond acceptors (Lipinski definition) is 9. The van der Waals surface area contributed by atoms with Gasteiger partial charge in [0, 0.05) is 0 Å². The Balaban J connectivity index is 5.60. The van der Waals surface area contributed by atoms with Crippen LogP contribution in [0.3, 0.4) is 0 Å². The molecule has 0 aromatic rings. The summed E-state index contributed by atoms with van der Waals surface area (Å²) >= 11 is 0. The van der Waals surface area contributed by atoms with E-state index in [0.29, 0.717) is 0 Å². The molecule has 0 saturated heterocycles. The van der Waals surface area contributed by atoms with Gasteiger partial charge in [0.2, 0.25) is 0 Å². The number of hydrogen-bond donors (Lipinski definition) is 8. The van der Waals surface area contributed by atoms with E-state index < -0.39 is 60.8 Å². The number of phosphoric ester groups is 3. The summed E-state index contributed by atoms with van der Waals surface area (Å²) in [5, 5.41) is 18.2. The summed E-state index contributed by atoms with van der Waals surface area (Å²) in [6.45, 7) is -2.80. The summed E-state index contributed by atoms with van der Waals surface area (Å²) in [7, 11) is -16.1. The van der Waals surface area contributed by atoms with Gasteiger partial charge in [-0.1, -0.05) is 0 Å². The topological polar surface area (TPSA) is 258 Å². The van der Waals surface area contributed by atoms with E-state index in [1.807, 2.05) is 0 Å². The van der Waals surface area contributed by atoms with Crippen molar-refractivity contribution < 1.29 is 71.6 Å². The summed E-state index contributed by atoms with van der Waals surface area (Å²) in [6, 6.07) is 0. The molecule has 0 fully saturated rings. The molecule has 0 amide bonds. The molecule has 0 unspecified atom stereocenters. The van der Waals surface area contributed by atoms with Crippen LogP contribution in [0.15, 0.2) is 0 Å². The molecule has 0 spiro atoms. The van der Waals surface area contributed by atoms with Crippen LogP contribution in [0.5, 0.6) is 0 Å². The van der Waals surface area contributed by atoms with Gasteiger partial charge in [0.1, 0.15) is 18.8 Å². The Morgan fingerprint density at radius 1 is 0.875 bits per heavy atom. The molecule has 8 N–H and O–H groups in total. The molecule has 0 rings (SSSR count). The molecule has 0 saturated carbocycles. The zero-order chi connectivity index (χ0) is 19.3. The molecule has 144 valence electrons. The highest BCUT2D eigenvalue weighted by molar-refractivity contribution is 7.47. The van der Waals surface area contributed by atoms with Crippen LogP contribution in [0.4, 0.5) is 0 Å². The van der Waals surface area contributed by atoms with Crippen LogP contribution in [-0.2, 0) is 32.1 Å². The van der Waals surface area contributed by atoms with Crippen molar-refractivity contribution in [3.8, 4) is 0 Å². The fourth-order valence-electron chi connectivity index (χ4n) is 1.27. The van der Waals surface area contributed by atoms with Crippen LogP contribution in [0.2, 0.25) is 0 Å². The molecular weight excluding hydrogens is 405 g/mol.